The number of aryl methyl sites for hydroxylation is 1. The predicted molar refractivity (Wildman–Crippen MR) is 38.2 cm³/mol. The lowest BCUT2D eigenvalue weighted by molar-refractivity contribution is -0.141. The fraction of sp³-hybridized carbons (Fsp3) is 0.625. The van der Waals surface area contributed by atoms with Crippen LogP contribution in [0.2, 0.25) is 0 Å². The monoisotopic (exact) mass is 191 g/mol. The van der Waals surface area contributed by atoms with E-state index in [2.05, 4.69) is 4.98 Å². The number of halogens is 3. The zero-order valence-electron chi connectivity index (χ0n) is 6.98. The maximum Gasteiger partial charge on any atom is 0.436 e. The second-order valence-corrected chi connectivity index (χ2v) is 3.23. The molecule has 0 unspecified atom stereocenters. The molecule has 1 fully saturated rings. The average Bonchev–Trinajstić information content (AvgIpc) is 2.73. The van der Waals surface area contributed by atoms with E-state index in [1.165, 1.54) is 6.92 Å². The third kappa shape index (κ3) is 1.55. The highest BCUT2D eigenvalue weighted by atomic mass is 19.4. The van der Waals surface area contributed by atoms with Crippen molar-refractivity contribution in [3.05, 3.63) is 17.3 Å². The van der Waals surface area contributed by atoms with Gasteiger partial charge in [0.15, 0.2) is 11.6 Å². The summed E-state index contributed by atoms with van der Waals surface area (Å²) in [6, 6.07) is 0. The molecule has 1 heterocycles. The maximum atomic E-state index is 12.2. The lowest BCUT2D eigenvalue weighted by atomic mass is 10.3. The van der Waals surface area contributed by atoms with Crippen molar-refractivity contribution in [3.8, 4) is 0 Å². The summed E-state index contributed by atoms with van der Waals surface area (Å²) in [5, 5.41) is 0. The van der Waals surface area contributed by atoms with Crippen LogP contribution in [-0.2, 0) is 6.18 Å². The van der Waals surface area contributed by atoms with Crippen molar-refractivity contribution in [3.63, 3.8) is 0 Å². The molecule has 0 N–H and O–H groups in total. The van der Waals surface area contributed by atoms with Crippen LogP contribution in [0.15, 0.2) is 4.42 Å². The van der Waals surface area contributed by atoms with Gasteiger partial charge in [-0.25, -0.2) is 4.98 Å². The molecule has 0 aromatic carbocycles. The quantitative estimate of drug-likeness (QED) is 0.682. The molecule has 0 atom stereocenters. The van der Waals surface area contributed by atoms with Gasteiger partial charge in [-0.15, -0.1) is 0 Å². The number of rotatable bonds is 1. The SMILES string of the molecule is Cc1oc(C2CC2)nc1C(F)(F)F. The van der Waals surface area contributed by atoms with Crippen LogP contribution in [0.1, 0.15) is 36.1 Å². The molecule has 13 heavy (non-hydrogen) atoms. The molecule has 0 saturated heterocycles. The molecule has 2 nitrogen and oxygen atoms in total. The number of alkyl halides is 3. The fourth-order valence-electron chi connectivity index (χ4n) is 1.18. The van der Waals surface area contributed by atoms with Gasteiger partial charge in [-0.05, 0) is 19.8 Å². The highest BCUT2D eigenvalue weighted by Crippen LogP contribution is 2.42. The number of aromatic nitrogens is 1. The zero-order valence-corrected chi connectivity index (χ0v) is 6.98. The van der Waals surface area contributed by atoms with Crippen LogP contribution < -0.4 is 0 Å². The van der Waals surface area contributed by atoms with Crippen LogP contribution in [0.3, 0.4) is 0 Å². The van der Waals surface area contributed by atoms with E-state index in [1.54, 1.807) is 0 Å². The minimum absolute atomic E-state index is 0.120. The van der Waals surface area contributed by atoms with Crippen molar-refractivity contribution < 1.29 is 17.6 Å². The Kier molecular flexibility index (Phi) is 1.65. The van der Waals surface area contributed by atoms with Gasteiger partial charge in [0.25, 0.3) is 0 Å². The van der Waals surface area contributed by atoms with Gasteiger partial charge in [-0.1, -0.05) is 0 Å². The molecule has 1 saturated carbocycles. The lowest BCUT2D eigenvalue weighted by Gasteiger charge is -2.00. The highest BCUT2D eigenvalue weighted by molar-refractivity contribution is 5.15. The molecular weight excluding hydrogens is 183 g/mol. The van der Waals surface area contributed by atoms with Crippen LogP contribution in [0, 0.1) is 6.92 Å². The first-order chi connectivity index (χ1) is 5.98. The standard InChI is InChI=1S/C8H8F3NO/c1-4-6(8(9,10)11)12-7(13-4)5-2-3-5/h5H,2-3H2,1H3. The molecule has 0 amide bonds. The van der Waals surface area contributed by atoms with Gasteiger partial charge in [0, 0.05) is 5.92 Å². The Balaban J connectivity index is 2.35. The number of hydrogen-bond donors (Lipinski definition) is 0. The van der Waals surface area contributed by atoms with Crippen LogP contribution in [0.25, 0.3) is 0 Å². The van der Waals surface area contributed by atoms with Gasteiger partial charge in [0.05, 0.1) is 0 Å². The summed E-state index contributed by atoms with van der Waals surface area (Å²) in [4.78, 5) is 3.45. The predicted octanol–water partition coefficient (Wildman–Crippen LogP) is 2.88. The molecule has 1 aromatic heterocycles. The highest BCUT2D eigenvalue weighted by Gasteiger charge is 2.39. The van der Waals surface area contributed by atoms with Crippen molar-refractivity contribution in [2.45, 2.75) is 31.9 Å². The number of hydrogen-bond acceptors (Lipinski definition) is 2. The topological polar surface area (TPSA) is 26.0 Å². The molecule has 2 rings (SSSR count). The Hall–Kier alpha value is -1.00. The van der Waals surface area contributed by atoms with E-state index in [-0.39, 0.29) is 17.6 Å². The van der Waals surface area contributed by atoms with E-state index in [0.717, 1.165) is 12.8 Å². The Morgan fingerprint density at radius 3 is 2.38 bits per heavy atom. The fourth-order valence-corrected chi connectivity index (χ4v) is 1.18. The van der Waals surface area contributed by atoms with Crippen LogP contribution in [0.5, 0.6) is 0 Å². The third-order valence-corrected chi connectivity index (χ3v) is 2.01. The van der Waals surface area contributed by atoms with Crippen molar-refractivity contribution in [1.82, 2.24) is 4.98 Å². The number of nitrogens with zero attached hydrogens (tertiary/aromatic N) is 1. The number of oxazole rings is 1. The summed E-state index contributed by atoms with van der Waals surface area (Å²) in [5.74, 6) is 0.231. The van der Waals surface area contributed by atoms with Gasteiger partial charge < -0.3 is 4.42 Å². The minimum Gasteiger partial charge on any atom is -0.445 e. The lowest BCUT2D eigenvalue weighted by Crippen LogP contribution is -2.07. The first-order valence-corrected chi connectivity index (χ1v) is 4.03. The molecule has 1 aliphatic rings. The van der Waals surface area contributed by atoms with Crippen molar-refractivity contribution in [2.75, 3.05) is 0 Å². The second-order valence-electron chi connectivity index (χ2n) is 3.23. The summed E-state index contributed by atoms with van der Waals surface area (Å²) < 4.78 is 41.6. The Bertz CT molecular complexity index is 325. The van der Waals surface area contributed by atoms with E-state index in [1.807, 2.05) is 0 Å². The van der Waals surface area contributed by atoms with E-state index in [9.17, 15) is 13.2 Å². The Morgan fingerprint density at radius 2 is 2.00 bits per heavy atom. The molecule has 1 aliphatic carbocycles. The van der Waals surface area contributed by atoms with E-state index in [4.69, 9.17) is 4.42 Å². The molecule has 0 spiro atoms. The van der Waals surface area contributed by atoms with Gasteiger partial charge in [-0.3, -0.25) is 0 Å². The van der Waals surface area contributed by atoms with Gasteiger partial charge in [0.2, 0.25) is 0 Å². The van der Waals surface area contributed by atoms with Crippen LogP contribution >= 0.6 is 0 Å². The Morgan fingerprint density at radius 1 is 1.38 bits per heavy atom. The van der Waals surface area contributed by atoms with Gasteiger partial charge in [0.1, 0.15) is 5.76 Å². The van der Waals surface area contributed by atoms with Crippen LogP contribution in [-0.4, -0.2) is 4.98 Å². The van der Waals surface area contributed by atoms with E-state index in [0.29, 0.717) is 0 Å². The molecule has 0 aliphatic heterocycles. The first-order valence-electron chi connectivity index (χ1n) is 4.03. The zero-order chi connectivity index (χ0) is 9.64. The van der Waals surface area contributed by atoms with Crippen LogP contribution in [0.4, 0.5) is 13.2 Å². The second kappa shape index (κ2) is 2.49. The maximum absolute atomic E-state index is 12.2. The molecule has 5 heteroatoms. The first kappa shape index (κ1) is 8.59. The minimum atomic E-state index is -4.39. The van der Waals surface area contributed by atoms with Crippen molar-refractivity contribution in [2.24, 2.45) is 0 Å². The summed E-state index contributed by atoms with van der Waals surface area (Å²) in [5.41, 5.74) is -0.880. The van der Waals surface area contributed by atoms with E-state index >= 15 is 0 Å². The van der Waals surface area contributed by atoms with Crippen molar-refractivity contribution in [1.29, 1.82) is 0 Å². The van der Waals surface area contributed by atoms with E-state index < -0.39 is 11.9 Å². The normalized spacial score (nSPS) is 17.8. The molecule has 0 bridgehead atoms. The summed E-state index contributed by atoms with van der Waals surface area (Å²) in [7, 11) is 0. The molecule has 72 valence electrons. The average molecular weight is 191 g/mol. The molecular formula is C8H8F3NO. The van der Waals surface area contributed by atoms with Gasteiger partial charge >= 0.3 is 6.18 Å². The van der Waals surface area contributed by atoms with Crippen molar-refractivity contribution >= 4 is 0 Å². The van der Waals surface area contributed by atoms with Gasteiger partial charge in [-0.2, -0.15) is 13.2 Å². The summed E-state index contributed by atoms with van der Waals surface area (Å²) in [6.45, 7) is 1.29. The summed E-state index contributed by atoms with van der Waals surface area (Å²) in [6.07, 6.45) is -2.62. The Labute approximate surface area is 72.8 Å². The molecule has 1 aromatic rings. The summed E-state index contributed by atoms with van der Waals surface area (Å²) >= 11 is 0. The third-order valence-electron chi connectivity index (χ3n) is 2.01. The molecule has 0 radical (unpaired) electrons. The largest absolute Gasteiger partial charge is 0.445 e. The smallest absolute Gasteiger partial charge is 0.436 e.